The molecule has 1 saturated heterocycles. The molecule has 1 N–H and O–H groups in total. The molecule has 1 unspecified atom stereocenters. The largest absolute Gasteiger partial charge is 0.481 e. The van der Waals surface area contributed by atoms with Crippen molar-refractivity contribution in [3.63, 3.8) is 0 Å². The summed E-state index contributed by atoms with van der Waals surface area (Å²) in [5, 5.41) is 9.11. The van der Waals surface area contributed by atoms with Gasteiger partial charge in [-0.3, -0.25) is 9.59 Å². The Morgan fingerprint density at radius 2 is 1.77 bits per heavy atom. The van der Waals surface area contributed by atoms with E-state index >= 15 is 0 Å². The fraction of sp³-hybridized carbons (Fsp3) is 0.556. The van der Waals surface area contributed by atoms with Gasteiger partial charge in [0.05, 0.1) is 12.0 Å². The van der Waals surface area contributed by atoms with E-state index in [0.29, 0.717) is 19.3 Å². The van der Waals surface area contributed by atoms with E-state index in [1.165, 1.54) is 11.1 Å². The first-order valence-electron chi connectivity index (χ1n) is 8.16. The summed E-state index contributed by atoms with van der Waals surface area (Å²) in [5.41, 5.74) is 2.42. The molecular weight excluding hydrogens is 278 g/mol. The summed E-state index contributed by atoms with van der Waals surface area (Å²) in [6, 6.07) is 8.57. The van der Waals surface area contributed by atoms with Gasteiger partial charge in [0.1, 0.15) is 0 Å². The second kappa shape index (κ2) is 6.11. The van der Waals surface area contributed by atoms with Crippen molar-refractivity contribution in [3.8, 4) is 0 Å². The molecule has 0 bridgehead atoms. The van der Waals surface area contributed by atoms with Crippen LogP contribution in [0.1, 0.15) is 49.3 Å². The maximum Gasteiger partial charge on any atom is 0.306 e. The molecule has 1 saturated carbocycles. The van der Waals surface area contributed by atoms with Crippen LogP contribution in [-0.2, 0) is 9.59 Å². The fourth-order valence-electron chi connectivity index (χ4n) is 3.83. The predicted molar refractivity (Wildman–Crippen MR) is 83.3 cm³/mol. The van der Waals surface area contributed by atoms with Crippen LogP contribution in [0.4, 0.5) is 0 Å². The van der Waals surface area contributed by atoms with E-state index in [1.54, 1.807) is 0 Å². The number of rotatable bonds is 3. The van der Waals surface area contributed by atoms with Gasteiger partial charge in [0.25, 0.3) is 0 Å². The number of nitrogens with zero attached hydrogens (tertiary/aromatic N) is 1. The van der Waals surface area contributed by atoms with Crippen LogP contribution in [0.25, 0.3) is 0 Å². The van der Waals surface area contributed by atoms with E-state index < -0.39 is 5.97 Å². The summed E-state index contributed by atoms with van der Waals surface area (Å²) in [7, 11) is 0. The molecule has 118 valence electrons. The lowest BCUT2D eigenvalue weighted by Gasteiger charge is -2.28. The standard InChI is InChI=1S/C18H23NO3/c1-12-4-6-13(7-5-12)16-3-2-10-19(16)17(20)14-8-9-15(11-14)18(21)22/h4-7,14-16H,2-3,8-11H2,1H3,(H,21,22)/t14-,15+,16?/m1/s1. The Morgan fingerprint density at radius 3 is 2.41 bits per heavy atom. The van der Waals surface area contributed by atoms with Crippen LogP contribution in [0.15, 0.2) is 24.3 Å². The van der Waals surface area contributed by atoms with Crippen molar-refractivity contribution < 1.29 is 14.7 Å². The molecule has 3 rings (SSSR count). The zero-order valence-corrected chi connectivity index (χ0v) is 13.0. The van der Waals surface area contributed by atoms with Crippen LogP contribution in [0.3, 0.4) is 0 Å². The summed E-state index contributed by atoms with van der Waals surface area (Å²) in [5.74, 6) is -1.04. The number of benzene rings is 1. The van der Waals surface area contributed by atoms with Crippen molar-refractivity contribution in [2.75, 3.05) is 6.54 Å². The van der Waals surface area contributed by atoms with Crippen LogP contribution in [-0.4, -0.2) is 28.4 Å². The smallest absolute Gasteiger partial charge is 0.306 e. The van der Waals surface area contributed by atoms with Gasteiger partial charge in [-0.2, -0.15) is 0 Å². The molecule has 0 aromatic heterocycles. The average molecular weight is 301 g/mol. The molecule has 22 heavy (non-hydrogen) atoms. The van der Waals surface area contributed by atoms with E-state index in [0.717, 1.165) is 19.4 Å². The summed E-state index contributed by atoms with van der Waals surface area (Å²) in [6.07, 6.45) is 3.89. The Morgan fingerprint density at radius 1 is 1.09 bits per heavy atom. The maximum absolute atomic E-state index is 12.8. The molecule has 1 aromatic rings. The highest BCUT2D eigenvalue weighted by Gasteiger charge is 2.39. The monoisotopic (exact) mass is 301 g/mol. The number of carboxylic acids is 1. The van der Waals surface area contributed by atoms with E-state index in [1.807, 2.05) is 4.90 Å². The van der Waals surface area contributed by atoms with Gasteiger partial charge in [0, 0.05) is 12.5 Å². The molecule has 2 aliphatic rings. The lowest BCUT2D eigenvalue weighted by Crippen LogP contribution is -2.35. The van der Waals surface area contributed by atoms with Gasteiger partial charge in [-0.1, -0.05) is 29.8 Å². The molecule has 3 atom stereocenters. The van der Waals surface area contributed by atoms with Gasteiger partial charge in [0.2, 0.25) is 5.91 Å². The number of hydrogen-bond donors (Lipinski definition) is 1. The lowest BCUT2D eigenvalue weighted by atomic mass is 10.00. The van der Waals surface area contributed by atoms with Crippen molar-refractivity contribution in [3.05, 3.63) is 35.4 Å². The Balaban J connectivity index is 1.72. The molecule has 1 aliphatic heterocycles. The number of carbonyl (C=O) groups excluding carboxylic acids is 1. The summed E-state index contributed by atoms with van der Waals surface area (Å²) in [6.45, 7) is 2.86. The normalized spacial score (nSPS) is 28.0. The third-order valence-electron chi connectivity index (χ3n) is 5.13. The summed E-state index contributed by atoms with van der Waals surface area (Å²) in [4.78, 5) is 25.9. The molecule has 4 heteroatoms. The van der Waals surface area contributed by atoms with E-state index in [-0.39, 0.29) is 23.8 Å². The van der Waals surface area contributed by atoms with Crippen LogP contribution in [0.5, 0.6) is 0 Å². The van der Waals surface area contributed by atoms with E-state index in [2.05, 4.69) is 31.2 Å². The first kappa shape index (κ1) is 15.1. The first-order valence-corrected chi connectivity index (χ1v) is 8.16. The van der Waals surface area contributed by atoms with Crippen molar-refractivity contribution >= 4 is 11.9 Å². The Bertz CT molecular complexity index is 566. The minimum atomic E-state index is -0.758. The molecule has 0 spiro atoms. The Hall–Kier alpha value is -1.84. The summed E-state index contributed by atoms with van der Waals surface area (Å²) >= 11 is 0. The van der Waals surface area contributed by atoms with Gasteiger partial charge in [-0.05, 0) is 44.6 Å². The van der Waals surface area contributed by atoms with Crippen LogP contribution >= 0.6 is 0 Å². The minimum absolute atomic E-state index is 0.104. The SMILES string of the molecule is Cc1ccc(C2CCCN2C(=O)[C@@H]2CC[C@H](C(=O)O)C2)cc1. The van der Waals surface area contributed by atoms with Crippen LogP contribution in [0.2, 0.25) is 0 Å². The van der Waals surface area contributed by atoms with Gasteiger partial charge < -0.3 is 10.0 Å². The van der Waals surface area contributed by atoms with Gasteiger partial charge in [-0.25, -0.2) is 0 Å². The highest BCUT2D eigenvalue weighted by Crippen LogP contribution is 2.38. The molecule has 1 heterocycles. The summed E-state index contributed by atoms with van der Waals surface area (Å²) < 4.78 is 0. The second-order valence-corrected chi connectivity index (χ2v) is 6.65. The number of hydrogen-bond acceptors (Lipinski definition) is 2. The van der Waals surface area contributed by atoms with Gasteiger partial charge in [0.15, 0.2) is 0 Å². The minimum Gasteiger partial charge on any atom is -0.481 e. The third kappa shape index (κ3) is 2.87. The molecule has 0 radical (unpaired) electrons. The van der Waals surface area contributed by atoms with Crippen molar-refractivity contribution in [2.45, 2.75) is 45.1 Å². The average Bonchev–Trinajstić information content (AvgIpc) is 3.17. The number of aryl methyl sites for hydroxylation is 1. The van der Waals surface area contributed by atoms with Gasteiger partial charge >= 0.3 is 5.97 Å². The Kier molecular flexibility index (Phi) is 4.19. The van der Waals surface area contributed by atoms with Crippen molar-refractivity contribution in [1.82, 2.24) is 4.90 Å². The number of carboxylic acid groups (broad SMARTS) is 1. The van der Waals surface area contributed by atoms with Crippen LogP contribution in [0, 0.1) is 18.8 Å². The highest BCUT2D eigenvalue weighted by atomic mass is 16.4. The van der Waals surface area contributed by atoms with Crippen LogP contribution < -0.4 is 0 Å². The number of amides is 1. The van der Waals surface area contributed by atoms with E-state index in [9.17, 15) is 9.59 Å². The maximum atomic E-state index is 12.8. The molecule has 1 aromatic carbocycles. The number of likely N-dealkylation sites (tertiary alicyclic amines) is 1. The highest BCUT2D eigenvalue weighted by molar-refractivity contribution is 5.81. The zero-order chi connectivity index (χ0) is 15.7. The predicted octanol–water partition coefficient (Wildman–Crippen LogP) is 3.16. The second-order valence-electron chi connectivity index (χ2n) is 6.65. The quantitative estimate of drug-likeness (QED) is 0.933. The van der Waals surface area contributed by atoms with Crippen molar-refractivity contribution in [1.29, 1.82) is 0 Å². The number of carbonyl (C=O) groups is 2. The van der Waals surface area contributed by atoms with Gasteiger partial charge in [-0.15, -0.1) is 0 Å². The molecule has 2 fully saturated rings. The topological polar surface area (TPSA) is 57.6 Å². The zero-order valence-electron chi connectivity index (χ0n) is 13.0. The van der Waals surface area contributed by atoms with Crippen molar-refractivity contribution in [2.24, 2.45) is 11.8 Å². The molecule has 1 amide bonds. The molecule has 1 aliphatic carbocycles. The third-order valence-corrected chi connectivity index (χ3v) is 5.13. The number of aliphatic carboxylic acids is 1. The Labute approximate surface area is 131 Å². The first-order chi connectivity index (χ1) is 10.6. The fourth-order valence-corrected chi connectivity index (χ4v) is 3.83. The van der Waals surface area contributed by atoms with E-state index in [4.69, 9.17) is 5.11 Å². The molecule has 4 nitrogen and oxygen atoms in total. The molecular formula is C18H23NO3. The lowest BCUT2D eigenvalue weighted by molar-refractivity contribution is -0.141.